The molecule has 0 spiro atoms. The normalized spacial score (nSPS) is 13.2. The average molecular weight is 300 g/mol. The molecule has 0 aliphatic heterocycles. The molecular formula is C13H15F3N4O. The van der Waals surface area contributed by atoms with Crippen LogP contribution in [0.4, 0.5) is 24.9 Å². The Balaban J connectivity index is 2.22. The molecule has 2 aromatic rings. The lowest BCUT2D eigenvalue weighted by Gasteiger charge is -2.12. The zero-order valence-electron chi connectivity index (χ0n) is 11.7. The molecule has 2 rings (SSSR count). The maximum atomic E-state index is 12.8. The Morgan fingerprint density at radius 1 is 1.24 bits per heavy atom. The number of benzene rings is 1. The minimum Gasteiger partial charge on any atom is -0.406 e. The van der Waals surface area contributed by atoms with E-state index in [4.69, 9.17) is 4.42 Å². The standard InChI is InChI=1S/C13H15F3N4O/c1-7-4-5-9(6-10(7)13(14,15)16)18-12-20-19-11(21-12)8(2)17-3/h4-6,8,17H,1-3H3,(H,18,20). The number of hydrogen-bond acceptors (Lipinski definition) is 5. The second kappa shape index (κ2) is 5.72. The quantitative estimate of drug-likeness (QED) is 0.906. The number of rotatable bonds is 4. The number of hydrogen-bond donors (Lipinski definition) is 2. The number of anilines is 2. The molecule has 0 saturated heterocycles. The molecule has 8 heteroatoms. The maximum absolute atomic E-state index is 12.8. The fourth-order valence-electron chi connectivity index (χ4n) is 1.71. The van der Waals surface area contributed by atoms with Gasteiger partial charge in [-0.15, -0.1) is 5.10 Å². The van der Waals surface area contributed by atoms with E-state index in [0.717, 1.165) is 6.07 Å². The molecule has 0 radical (unpaired) electrons. The highest BCUT2D eigenvalue weighted by Gasteiger charge is 2.32. The fourth-order valence-corrected chi connectivity index (χ4v) is 1.71. The van der Waals surface area contributed by atoms with Gasteiger partial charge in [0, 0.05) is 5.69 Å². The summed E-state index contributed by atoms with van der Waals surface area (Å²) in [5.41, 5.74) is -0.306. The van der Waals surface area contributed by atoms with Crippen molar-refractivity contribution in [3.63, 3.8) is 0 Å². The van der Waals surface area contributed by atoms with Crippen LogP contribution in [-0.4, -0.2) is 17.2 Å². The van der Waals surface area contributed by atoms with Crippen molar-refractivity contribution in [1.29, 1.82) is 0 Å². The van der Waals surface area contributed by atoms with Crippen LogP contribution in [0.2, 0.25) is 0 Å². The van der Waals surface area contributed by atoms with E-state index in [1.165, 1.54) is 19.1 Å². The lowest BCUT2D eigenvalue weighted by molar-refractivity contribution is -0.138. The third-order valence-corrected chi connectivity index (χ3v) is 3.04. The molecule has 0 fully saturated rings. The van der Waals surface area contributed by atoms with Crippen LogP contribution in [0.3, 0.4) is 0 Å². The first kappa shape index (κ1) is 15.3. The largest absolute Gasteiger partial charge is 0.416 e. The maximum Gasteiger partial charge on any atom is 0.416 e. The van der Waals surface area contributed by atoms with E-state index in [2.05, 4.69) is 20.8 Å². The van der Waals surface area contributed by atoms with Crippen molar-refractivity contribution in [3.8, 4) is 0 Å². The number of nitrogens with zero attached hydrogens (tertiary/aromatic N) is 2. The third kappa shape index (κ3) is 3.52. The van der Waals surface area contributed by atoms with Crippen molar-refractivity contribution in [1.82, 2.24) is 15.5 Å². The number of nitrogens with one attached hydrogen (secondary N) is 2. The summed E-state index contributed by atoms with van der Waals surface area (Å²) in [5, 5.41) is 13.2. The van der Waals surface area contributed by atoms with Crippen LogP contribution in [0.1, 0.15) is 30.0 Å². The van der Waals surface area contributed by atoms with E-state index in [1.54, 1.807) is 7.05 Å². The van der Waals surface area contributed by atoms with E-state index >= 15 is 0 Å². The van der Waals surface area contributed by atoms with Crippen LogP contribution >= 0.6 is 0 Å². The van der Waals surface area contributed by atoms with Crippen molar-refractivity contribution in [2.24, 2.45) is 0 Å². The first-order valence-corrected chi connectivity index (χ1v) is 6.27. The first-order valence-electron chi connectivity index (χ1n) is 6.27. The molecule has 1 aromatic carbocycles. The van der Waals surface area contributed by atoms with Crippen LogP contribution < -0.4 is 10.6 Å². The smallest absolute Gasteiger partial charge is 0.406 e. The molecule has 114 valence electrons. The molecular weight excluding hydrogens is 285 g/mol. The zero-order valence-corrected chi connectivity index (χ0v) is 11.7. The summed E-state index contributed by atoms with van der Waals surface area (Å²) in [5.74, 6) is 0.350. The van der Waals surface area contributed by atoms with Crippen LogP contribution in [0, 0.1) is 6.92 Å². The summed E-state index contributed by atoms with van der Waals surface area (Å²) in [6.07, 6.45) is -4.40. The van der Waals surface area contributed by atoms with Crippen molar-refractivity contribution in [2.75, 3.05) is 12.4 Å². The molecule has 0 bridgehead atoms. The molecule has 0 saturated carbocycles. The average Bonchev–Trinajstić information content (AvgIpc) is 2.87. The summed E-state index contributed by atoms with van der Waals surface area (Å²) in [6.45, 7) is 3.23. The SMILES string of the molecule is CNC(C)c1nnc(Nc2ccc(C)c(C(F)(F)F)c2)o1. The second-order valence-electron chi connectivity index (χ2n) is 4.61. The number of alkyl halides is 3. The molecule has 21 heavy (non-hydrogen) atoms. The van der Waals surface area contributed by atoms with E-state index in [-0.39, 0.29) is 23.3 Å². The van der Waals surface area contributed by atoms with Gasteiger partial charge in [0.1, 0.15) is 0 Å². The van der Waals surface area contributed by atoms with Crippen molar-refractivity contribution >= 4 is 11.7 Å². The predicted octanol–water partition coefficient (Wildman–Crippen LogP) is 3.42. The van der Waals surface area contributed by atoms with Gasteiger partial charge in [0.15, 0.2) is 0 Å². The van der Waals surface area contributed by atoms with Gasteiger partial charge in [0.2, 0.25) is 5.89 Å². The molecule has 5 nitrogen and oxygen atoms in total. The summed E-state index contributed by atoms with van der Waals surface area (Å²) in [7, 11) is 1.73. The molecule has 1 unspecified atom stereocenters. The lowest BCUT2D eigenvalue weighted by Crippen LogP contribution is -2.12. The molecule has 1 atom stereocenters. The Kier molecular flexibility index (Phi) is 4.17. The number of aryl methyl sites for hydroxylation is 1. The Morgan fingerprint density at radius 2 is 1.95 bits per heavy atom. The van der Waals surface area contributed by atoms with Gasteiger partial charge in [-0.2, -0.15) is 13.2 Å². The Morgan fingerprint density at radius 3 is 2.57 bits per heavy atom. The predicted molar refractivity (Wildman–Crippen MR) is 71.2 cm³/mol. The van der Waals surface area contributed by atoms with Crippen molar-refractivity contribution < 1.29 is 17.6 Å². The lowest BCUT2D eigenvalue weighted by atomic mass is 10.1. The summed E-state index contributed by atoms with van der Waals surface area (Å²) < 4.78 is 43.8. The highest BCUT2D eigenvalue weighted by Crippen LogP contribution is 2.34. The molecule has 2 N–H and O–H groups in total. The van der Waals surface area contributed by atoms with Gasteiger partial charge in [-0.3, -0.25) is 0 Å². The molecule has 1 heterocycles. The fraction of sp³-hybridized carbons (Fsp3) is 0.385. The van der Waals surface area contributed by atoms with Crippen LogP contribution in [0.5, 0.6) is 0 Å². The van der Waals surface area contributed by atoms with Crippen molar-refractivity contribution in [2.45, 2.75) is 26.1 Å². The highest BCUT2D eigenvalue weighted by atomic mass is 19.4. The Bertz CT molecular complexity index is 624. The molecule has 0 aliphatic rings. The summed E-state index contributed by atoms with van der Waals surface area (Å²) >= 11 is 0. The van der Waals surface area contributed by atoms with Gasteiger partial charge in [-0.05, 0) is 38.6 Å². The van der Waals surface area contributed by atoms with Gasteiger partial charge < -0.3 is 15.1 Å². The van der Waals surface area contributed by atoms with Gasteiger partial charge >= 0.3 is 12.2 Å². The van der Waals surface area contributed by atoms with Crippen LogP contribution in [0.25, 0.3) is 0 Å². The van der Waals surface area contributed by atoms with E-state index in [9.17, 15) is 13.2 Å². The van der Waals surface area contributed by atoms with E-state index < -0.39 is 11.7 Å². The Hall–Kier alpha value is -2.09. The Labute approximate surface area is 119 Å². The minimum atomic E-state index is -4.40. The highest BCUT2D eigenvalue weighted by molar-refractivity contribution is 5.55. The topological polar surface area (TPSA) is 63.0 Å². The van der Waals surface area contributed by atoms with Crippen LogP contribution in [0.15, 0.2) is 22.6 Å². The number of aromatic nitrogens is 2. The summed E-state index contributed by atoms with van der Waals surface area (Å²) in [4.78, 5) is 0. The second-order valence-corrected chi connectivity index (χ2v) is 4.61. The molecule has 1 aromatic heterocycles. The van der Waals surface area contributed by atoms with Crippen molar-refractivity contribution in [3.05, 3.63) is 35.2 Å². The minimum absolute atomic E-state index is 0.0454. The third-order valence-electron chi connectivity index (χ3n) is 3.04. The zero-order chi connectivity index (χ0) is 15.6. The van der Waals surface area contributed by atoms with Gasteiger partial charge in [0.25, 0.3) is 0 Å². The van der Waals surface area contributed by atoms with Gasteiger partial charge in [0.05, 0.1) is 11.6 Å². The van der Waals surface area contributed by atoms with Gasteiger partial charge in [-0.1, -0.05) is 11.2 Å². The molecule has 0 amide bonds. The van der Waals surface area contributed by atoms with Crippen LogP contribution in [-0.2, 0) is 6.18 Å². The van der Waals surface area contributed by atoms with E-state index in [1.807, 2.05) is 6.92 Å². The summed E-state index contributed by atoms with van der Waals surface area (Å²) in [6, 6.07) is 3.83. The van der Waals surface area contributed by atoms with Gasteiger partial charge in [-0.25, -0.2) is 0 Å². The first-order chi connectivity index (χ1) is 9.81. The number of halogens is 3. The van der Waals surface area contributed by atoms with E-state index in [0.29, 0.717) is 5.89 Å². The monoisotopic (exact) mass is 300 g/mol. The molecule has 0 aliphatic carbocycles.